The molecule has 1 aromatic rings. The molecule has 5 heteroatoms. The Morgan fingerprint density at radius 1 is 1.38 bits per heavy atom. The third-order valence-electron chi connectivity index (χ3n) is 3.63. The molecule has 0 unspecified atom stereocenters. The summed E-state index contributed by atoms with van der Waals surface area (Å²) in [4.78, 5) is 31.1. The summed E-state index contributed by atoms with van der Waals surface area (Å²) in [6, 6.07) is 1.85. The van der Waals surface area contributed by atoms with Gasteiger partial charge in [0, 0.05) is 12.7 Å². The van der Waals surface area contributed by atoms with Crippen molar-refractivity contribution in [2.75, 3.05) is 6.54 Å². The van der Waals surface area contributed by atoms with Crippen LogP contribution in [-0.2, 0) is 11.2 Å². The SMILES string of the molecule is CCCc1cnc2c(c1)C(=O)N(C(=O)OC(C)(C)C)CCCC=C2. The van der Waals surface area contributed by atoms with Crippen molar-refractivity contribution in [2.45, 2.75) is 59.0 Å². The van der Waals surface area contributed by atoms with E-state index in [0.29, 0.717) is 24.2 Å². The first-order chi connectivity index (χ1) is 11.3. The Bertz CT molecular complexity index is 645. The van der Waals surface area contributed by atoms with Crippen LogP contribution in [-0.4, -0.2) is 34.0 Å². The molecule has 2 amide bonds. The lowest BCUT2D eigenvalue weighted by Crippen LogP contribution is -2.41. The minimum absolute atomic E-state index is 0.337. The molecule has 5 nitrogen and oxygen atoms in total. The minimum Gasteiger partial charge on any atom is -0.443 e. The number of aryl methyl sites for hydroxylation is 1. The van der Waals surface area contributed by atoms with Crippen molar-refractivity contribution in [2.24, 2.45) is 0 Å². The van der Waals surface area contributed by atoms with Gasteiger partial charge in [-0.3, -0.25) is 9.78 Å². The molecule has 0 N–H and O–H groups in total. The van der Waals surface area contributed by atoms with Crippen molar-refractivity contribution >= 4 is 18.1 Å². The molecule has 1 aromatic heterocycles. The number of pyridine rings is 1. The van der Waals surface area contributed by atoms with Crippen LogP contribution in [0, 0.1) is 0 Å². The second-order valence-corrected chi connectivity index (χ2v) is 7.01. The van der Waals surface area contributed by atoms with E-state index in [2.05, 4.69) is 11.9 Å². The molecular weight excluding hydrogens is 304 g/mol. The molecule has 1 aliphatic rings. The van der Waals surface area contributed by atoms with E-state index in [4.69, 9.17) is 4.74 Å². The Morgan fingerprint density at radius 2 is 2.12 bits per heavy atom. The molecule has 0 fully saturated rings. The van der Waals surface area contributed by atoms with Gasteiger partial charge in [0.2, 0.25) is 0 Å². The van der Waals surface area contributed by atoms with Crippen LogP contribution in [0.3, 0.4) is 0 Å². The van der Waals surface area contributed by atoms with Crippen molar-refractivity contribution in [3.05, 3.63) is 35.2 Å². The van der Waals surface area contributed by atoms with E-state index in [-0.39, 0.29) is 5.91 Å². The van der Waals surface area contributed by atoms with E-state index >= 15 is 0 Å². The van der Waals surface area contributed by atoms with Gasteiger partial charge in [-0.05, 0) is 57.7 Å². The number of rotatable bonds is 2. The highest BCUT2D eigenvalue weighted by Crippen LogP contribution is 2.20. The van der Waals surface area contributed by atoms with Crippen LogP contribution in [0.1, 0.15) is 68.6 Å². The standard InChI is InChI=1S/C19H26N2O3/c1-5-9-14-12-15-16(20-13-14)10-7-6-8-11-21(17(15)22)18(23)24-19(2,3)4/h7,10,12-13H,5-6,8-9,11H2,1-4H3. The molecule has 0 spiro atoms. The smallest absolute Gasteiger partial charge is 0.417 e. The van der Waals surface area contributed by atoms with Crippen LogP contribution in [0.2, 0.25) is 0 Å². The zero-order valence-electron chi connectivity index (χ0n) is 15.0. The summed E-state index contributed by atoms with van der Waals surface area (Å²) in [5.74, 6) is -0.337. The fraction of sp³-hybridized carbons (Fsp3) is 0.526. The van der Waals surface area contributed by atoms with Gasteiger partial charge in [0.05, 0.1) is 11.3 Å². The molecule has 0 saturated heterocycles. The van der Waals surface area contributed by atoms with Crippen LogP contribution in [0.5, 0.6) is 0 Å². The summed E-state index contributed by atoms with van der Waals surface area (Å²) in [7, 11) is 0. The van der Waals surface area contributed by atoms with Gasteiger partial charge in [-0.2, -0.15) is 0 Å². The normalized spacial score (nSPS) is 15.3. The fourth-order valence-electron chi connectivity index (χ4n) is 2.55. The van der Waals surface area contributed by atoms with E-state index in [1.54, 1.807) is 27.0 Å². The minimum atomic E-state index is -0.640. The first-order valence-electron chi connectivity index (χ1n) is 8.52. The van der Waals surface area contributed by atoms with Crippen molar-refractivity contribution in [3.63, 3.8) is 0 Å². The maximum atomic E-state index is 13.0. The van der Waals surface area contributed by atoms with E-state index in [0.717, 1.165) is 24.8 Å². The van der Waals surface area contributed by atoms with Gasteiger partial charge in [-0.15, -0.1) is 0 Å². The highest BCUT2D eigenvalue weighted by atomic mass is 16.6. The number of carbonyl (C=O) groups excluding carboxylic acids is 2. The summed E-state index contributed by atoms with van der Waals surface area (Å²) in [5.41, 5.74) is 1.43. The van der Waals surface area contributed by atoms with Gasteiger partial charge >= 0.3 is 6.09 Å². The van der Waals surface area contributed by atoms with Gasteiger partial charge in [-0.1, -0.05) is 19.4 Å². The number of aromatic nitrogens is 1. The number of imide groups is 1. The highest BCUT2D eigenvalue weighted by molar-refractivity contribution is 6.05. The lowest BCUT2D eigenvalue weighted by atomic mass is 10.1. The van der Waals surface area contributed by atoms with Gasteiger partial charge in [0.25, 0.3) is 5.91 Å². The molecule has 24 heavy (non-hydrogen) atoms. The van der Waals surface area contributed by atoms with Gasteiger partial charge < -0.3 is 4.74 Å². The second-order valence-electron chi connectivity index (χ2n) is 7.01. The number of hydrogen-bond donors (Lipinski definition) is 0. The maximum Gasteiger partial charge on any atom is 0.417 e. The van der Waals surface area contributed by atoms with Crippen LogP contribution in [0.15, 0.2) is 18.3 Å². The van der Waals surface area contributed by atoms with Crippen LogP contribution in [0.25, 0.3) is 6.08 Å². The molecule has 0 bridgehead atoms. The lowest BCUT2D eigenvalue weighted by Gasteiger charge is -2.26. The molecule has 2 rings (SSSR count). The fourth-order valence-corrected chi connectivity index (χ4v) is 2.55. The lowest BCUT2D eigenvalue weighted by molar-refractivity contribution is 0.0240. The zero-order valence-corrected chi connectivity index (χ0v) is 15.0. The number of amides is 2. The molecule has 0 aromatic carbocycles. The summed E-state index contributed by atoms with van der Waals surface area (Å²) in [6.45, 7) is 7.80. The zero-order chi connectivity index (χ0) is 17.7. The number of hydrogen-bond acceptors (Lipinski definition) is 4. The van der Waals surface area contributed by atoms with Crippen molar-refractivity contribution in [1.82, 2.24) is 9.88 Å². The molecule has 0 radical (unpaired) electrons. The molecule has 0 saturated carbocycles. The monoisotopic (exact) mass is 330 g/mol. The van der Waals surface area contributed by atoms with Crippen LogP contribution in [0.4, 0.5) is 4.79 Å². The number of fused-ring (bicyclic) bond motifs is 1. The van der Waals surface area contributed by atoms with E-state index in [1.807, 2.05) is 18.2 Å². The predicted molar refractivity (Wildman–Crippen MR) is 93.8 cm³/mol. The number of nitrogens with zero attached hydrogens (tertiary/aromatic N) is 2. The molecule has 1 aliphatic heterocycles. The highest BCUT2D eigenvalue weighted by Gasteiger charge is 2.29. The Labute approximate surface area is 143 Å². The molecule has 130 valence electrons. The van der Waals surface area contributed by atoms with E-state index < -0.39 is 11.7 Å². The van der Waals surface area contributed by atoms with Crippen LogP contribution < -0.4 is 0 Å². The van der Waals surface area contributed by atoms with Crippen molar-refractivity contribution < 1.29 is 14.3 Å². The Morgan fingerprint density at radius 3 is 2.79 bits per heavy atom. The molecular formula is C19H26N2O3. The predicted octanol–water partition coefficient (Wildman–Crippen LogP) is 4.22. The number of carbonyl (C=O) groups is 2. The van der Waals surface area contributed by atoms with Gasteiger partial charge in [0.1, 0.15) is 5.60 Å². The second kappa shape index (κ2) is 7.60. The number of allylic oxidation sites excluding steroid dienone is 1. The maximum absolute atomic E-state index is 13.0. The average Bonchev–Trinajstić information content (AvgIpc) is 2.56. The molecule has 0 atom stereocenters. The Kier molecular flexibility index (Phi) is 5.75. The van der Waals surface area contributed by atoms with Crippen LogP contribution >= 0.6 is 0 Å². The first-order valence-corrected chi connectivity index (χ1v) is 8.52. The van der Waals surface area contributed by atoms with E-state index in [9.17, 15) is 9.59 Å². The summed E-state index contributed by atoms with van der Waals surface area (Å²) in [5, 5.41) is 0. The Hall–Kier alpha value is -2.17. The first kappa shape index (κ1) is 18.2. The number of ether oxygens (including phenoxy) is 1. The summed E-state index contributed by atoms with van der Waals surface area (Å²) >= 11 is 0. The van der Waals surface area contributed by atoms with Crippen molar-refractivity contribution in [1.29, 1.82) is 0 Å². The van der Waals surface area contributed by atoms with Gasteiger partial charge in [0.15, 0.2) is 0 Å². The van der Waals surface area contributed by atoms with Crippen molar-refractivity contribution in [3.8, 4) is 0 Å². The summed E-state index contributed by atoms with van der Waals surface area (Å²) < 4.78 is 5.40. The molecule has 2 heterocycles. The topological polar surface area (TPSA) is 59.5 Å². The average molecular weight is 330 g/mol. The summed E-state index contributed by atoms with van der Waals surface area (Å²) in [6.07, 6.45) is 8.38. The third-order valence-corrected chi connectivity index (χ3v) is 3.63. The van der Waals surface area contributed by atoms with E-state index in [1.165, 1.54) is 4.90 Å². The Balaban J connectivity index is 2.38. The van der Waals surface area contributed by atoms with Gasteiger partial charge in [-0.25, -0.2) is 9.69 Å². The molecule has 0 aliphatic carbocycles. The quantitative estimate of drug-likeness (QED) is 0.814. The largest absolute Gasteiger partial charge is 0.443 e. The third kappa shape index (κ3) is 4.66.